The highest BCUT2D eigenvalue weighted by molar-refractivity contribution is 6.05. The molecule has 8 atom stereocenters. The Morgan fingerprint density at radius 3 is 1.05 bits per heavy atom. The van der Waals surface area contributed by atoms with Gasteiger partial charge in [-0.2, -0.15) is 0 Å². The fourth-order valence-corrected chi connectivity index (χ4v) is 8.99. The molecule has 4 fully saturated rings. The first kappa shape index (κ1) is 48.2. The highest BCUT2D eigenvalue weighted by atomic mass is 16.8. The van der Waals surface area contributed by atoms with E-state index in [0.29, 0.717) is 12.8 Å². The molecule has 0 bridgehead atoms. The van der Waals surface area contributed by atoms with Crippen LogP contribution in [0.2, 0.25) is 0 Å². The van der Waals surface area contributed by atoms with E-state index in [1.807, 2.05) is 0 Å². The second-order valence-electron chi connectivity index (χ2n) is 18.5. The van der Waals surface area contributed by atoms with Gasteiger partial charge in [0.05, 0.1) is 13.2 Å². The van der Waals surface area contributed by atoms with Crippen LogP contribution in [0.5, 0.6) is 0 Å². The molecule has 0 aromatic carbocycles. The molecule has 4 aliphatic heterocycles. The first-order valence-corrected chi connectivity index (χ1v) is 22.0. The van der Waals surface area contributed by atoms with Gasteiger partial charge in [0.25, 0.3) is 0 Å². The first-order chi connectivity index (χ1) is 26.8. The molecule has 4 saturated heterocycles. The number of nitrogens with one attached hydrogen (secondary N) is 2. The summed E-state index contributed by atoms with van der Waals surface area (Å²) in [6.45, 7) is 18.4. The zero-order valence-electron chi connectivity index (χ0n) is 36.8. The summed E-state index contributed by atoms with van der Waals surface area (Å²) in [5, 5.41) is 26.6. The molecule has 4 heterocycles. The third kappa shape index (κ3) is 13.3. The highest BCUT2D eigenvalue weighted by Crippen LogP contribution is 2.41. The Morgan fingerprint density at radius 1 is 0.456 bits per heavy atom. The Kier molecular flexibility index (Phi) is 17.7. The van der Waals surface area contributed by atoms with Crippen LogP contribution in [0.1, 0.15) is 159 Å². The summed E-state index contributed by atoms with van der Waals surface area (Å²) in [5.74, 6) is -4.53. The van der Waals surface area contributed by atoms with Gasteiger partial charge in [-0.25, -0.2) is 0 Å². The number of hydrogen-bond acceptors (Lipinski definition) is 12. The van der Waals surface area contributed by atoms with Crippen molar-refractivity contribution in [1.29, 1.82) is 0 Å². The van der Waals surface area contributed by atoms with E-state index < -0.39 is 77.4 Å². The number of aliphatic hydroxyl groups excluding tert-OH is 2. The average molecular weight is 815 g/mol. The molecule has 14 nitrogen and oxygen atoms in total. The molecule has 0 spiro atoms. The summed E-state index contributed by atoms with van der Waals surface area (Å²) in [7, 11) is 0. The zero-order chi connectivity index (χ0) is 42.1. The summed E-state index contributed by atoms with van der Waals surface area (Å²) in [5.41, 5.74) is -1.37. The van der Waals surface area contributed by atoms with Crippen LogP contribution >= 0.6 is 0 Å². The van der Waals surface area contributed by atoms with Crippen molar-refractivity contribution in [2.45, 2.75) is 231 Å². The molecule has 0 radical (unpaired) electrons. The number of hydrogen-bond donors (Lipinski definition) is 4. The fourth-order valence-electron chi connectivity index (χ4n) is 8.99. The number of ether oxygens (including phenoxy) is 8. The summed E-state index contributed by atoms with van der Waals surface area (Å²) in [6, 6.07) is 0. The lowest BCUT2D eigenvalue weighted by atomic mass is 9.75. The molecule has 4 rings (SSSR count). The van der Waals surface area contributed by atoms with E-state index in [1.54, 1.807) is 55.4 Å². The highest BCUT2D eigenvalue weighted by Gasteiger charge is 2.56. The van der Waals surface area contributed by atoms with Crippen molar-refractivity contribution in [3.8, 4) is 0 Å². The molecule has 0 saturated carbocycles. The Balaban J connectivity index is 1.58. The molecule has 0 unspecified atom stereocenters. The maximum absolute atomic E-state index is 14.9. The molecule has 4 N–H and O–H groups in total. The summed E-state index contributed by atoms with van der Waals surface area (Å²) >= 11 is 0. The van der Waals surface area contributed by atoms with Crippen LogP contribution in [-0.2, 0) is 47.5 Å². The lowest BCUT2D eigenvalue weighted by molar-refractivity contribution is -0.175. The van der Waals surface area contributed by atoms with Gasteiger partial charge >= 0.3 is 0 Å². The largest absolute Gasteiger partial charge is 0.394 e. The summed E-state index contributed by atoms with van der Waals surface area (Å²) < 4.78 is 49.6. The van der Waals surface area contributed by atoms with Crippen LogP contribution in [0.25, 0.3) is 0 Å². The van der Waals surface area contributed by atoms with E-state index in [1.165, 1.54) is 0 Å². The van der Waals surface area contributed by atoms with Gasteiger partial charge in [0.15, 0.2) is 23.1 Å². The van der Waals surface area contributed by atoms with Crippen LogP contribution in [0.15, 0.2) is 0 Å². The van der Waals surface area contributed by atoms with Crippen molar-refractivity contribution in [2.24, 2.45) is 5.41 Å². The molecule has 57 heavy (non-hydrogen) atoms. The van der Waals surface area contributed by atoms with Crippen LogP contribution in [0.4, 0.5) is 0 Å². The van der Waals surface area contributed by atoms with Crippen molar-refractivity contribution in [3.63, 3.8) is 0 Å². The van der Waals surface area contributed by atoms with Gasteiger partial charge in [-0.05, 0) is 68.2 Å². The van der Waals surface area contributed by atoms with E-state index in [9.17, 15) is 19.8 Å². The number of carbonyl (C=O) groups excluding carboxylic acids is 2. The van der Waals surface area contributed by atoms with Crippen LogP contribution in [0.3, 0.4) is 0 Å². The van der Waals surface area contributed by atoms with Crippen LogP contribution in [0, 0.1) is 5.41 Å². The third-order valence-electron chi connectivity index (χ3n) is 11.6. The van der Waals surface area contributed by atoms with Crippen molar-refractivity contribution in [1.82, 2.24) is 10.6 Å². The number of unbranched alkanes of at least 4 members (excludes halogenated alkanes) is 10. The summed E-state index contributed by atoms with van der Waals surface area (Å²) in [6.07, 6.45) is 7.83. The Hall–Kier alpha value is -1.46. The molecule has 2 amide bonds. The van der Waals surface area contributed by atoms with Crippen molar-refractivity contribution < 1.29 is 57.7 Å². The average Bonchev–Trinajstić information content (AvgIpc) is 3.84. The Morgan fingerprint density at radius 2 is 0.737 bits per heavy atom. The number of amides is 2. The van der Waals surface area contributed by atoms with Gasteiger partial charge < -0.3 is 58.7 Å². The fraction of sp³-hybridized carbons (Fsp3) is 0.953. The molecule has 14 heteroatoms. The monoisotopic (exact) mass is 815 g/mol. The van der Waals surface area contributed by atoms with Crippen molar-refractivity contribution >= 4 is 11.8 Å². The maximum Gasteiger partial charge on any atom is 0.235 e. The van der Waals surface area contributed by atoms with E-state index >= 15 is 0 Å². The molecular weight excluding hydrogens is 736 g/mol. The lowest BCUT2D eigenvalue weighted by Crippen LogP contribution is -2.56. The van der Waals surface area contributed by atoms with Gasteiger partial charge in [-0.15, -0.1) is 0 Å². The third-order valence-corrected chi connectivity index (χ3v) is 11.6. The standard InChI is InChI=1S/C43H78N2O12/c1-11-13-15-17-19-21-23-43(24-22-20-18-16-14-12-2,37(48)44-25-29-33(54-39(3,4)50-29)35-31(27-46)52-41(7,8)56-35)38(49)45-26-30-34(55-40(5,6)51-30)36-32(28-47)53-42(9,10)57-36/h29-36,46-47H,11-28H2,1-10H3,(H,44,48)(H,45,49)/t29-,30-,31-,32-,33+,34+,35+,36+/m1/s1. The zero-order valence-corrected chi connectivity index (χ0v) is 36.8. The Bertz CT molecular complexity index is 1170. The second-order valence-corrected chi connectivity index (χ2v) is 18.5. The number of aliphatic hydroxyl groups is 2. The van der Waals surface area contributed by atoms with E-state index in [2.05, 4.69) is 24.5 Å². The Labute approximate surface area is 342 Å². The minimum Gasteiger partial charge on any atom is -0.394 e. The topological polar surface area (TPSA) is 172 Å². The maximum atomic E-state index is 14.9. The van der Waals surface area contributed by atoms with Gasteiger partial charge in [-0.1, -0.05) is 90.9 Å². The van der Waals surface area contributed by atoms with Crippen LogP contribution in [-0.4, -0.2) is 120 Å². The first-order valence-electron chi connectivity index (χ1n) is 22.0. The smallest absolute Gasteiger partial charge is 0.235 e. The van der Waals surface area contributed by atoms with E-state index in [0.717, 1.165) is 77.0 Å². The van der Waals surface area contributed by atoms with Gasteiger partial charge in [0.1, 0.15) is 54.2 Å². The normalized spacial score (nSPS) is 31.5. The minimum atomic E-state index is -1.37. The molecular formula is C43H78N2O12. The second kappa shape index (κ2) is 20.9. The quantitative estimate of drug-likeness (QED) is 0.0686. The van der Waals surface area contributed by atoms with Gasteiger partial charge in [0.2, 0.25) is 11.8 Å². The number of carbonyl (C=O) groups is 2. The van der Waals surface area contributed by atoms with Gasteiger partial charge in [0, 0.05) is 13.1 Å². The molecule has 332 valence electrons. The van der Waals surface area contributed by atoms with Crippen LogP contribution < -0.4 is 10.6 Å². The molecule has 0 aromatic rings. The van der Waals surface area contributed by atoms with Crippen molar-refractivity contribution in [3.05, 3.63) is 0 Å². The predicted molar refractivity (Wildman–Crippen MR) is 214 cm³/mol. The summed E-state index contributed by atoms with van der Waals surface area (Å²) in [4.78, 5) is 29.7. The molecule has 0 aromatic heterocycles. The van der Waals surface area contributed by atoms with Crippen molar-refractivity contribution in [2.75, 3.05) is 26.3 Å². The SMILES string of the molecule is CCCCCCCCC(CCCCCCCC)(C(=O)NC[C@H]1OC(C)(C)O[C@@H]1[C@H]1OC(C)(C)O[C@@H]1CO)C(=O)NC[C@H]1OC(C)(C)O[C@@H]1[C@H]1OC(C)(C)O[C@@H]1CO. The molecule has 0 aliphatic carbocycles. The minimum absolute atomic E-state index is 0.0700. The predicted octanol–water partition coefficient (Wildman–Crippen LogP) is 5.77. The van der Waals surface area contributed by atoms with E-state index in [-0.39, 0.29) is 38.1 Å². The lowest BCUT2D eigenvalue weighted by Gasteiger charge is -2.33. The van der Waals surface area contributed by atoms with Gasteiger partial charge in [-0.3, -0.25) is 9.59 Å². The molecule has 4 aliphatic rings. The number of rotatable bonds is 24. The van der Waals surface area contributed by atoms with E-state index in [4.69, 9.17) is 37.9 Å².